The number of nitrogens with one attached hydrogen (secondary N) is 1. The standard InChI is InChI=1S/C17H18ClN3O3/c1-3-20(4-2)17(22)12-5-7-13(8-6-12)19-16-10-9-14(21(23)24)11-15(16)18/h5-11,19H,3-4H2,1-2H3. The lowest BCUT2D eigenvalue weighted by Crippen LogP contribution is -2.30. The van der Waals surface area contributed by atoms with Gasteiger partial charge in [0.25, 0.3) is 11.6 Å². The molecule has 0 bridgehead atoms. The summed E-state index contributed by atoms with van der Waals surface area (Å²) in [6, 6.07) is 11.2. The topological polar surface area (TPSA) is 75.5 Å². The molecule has 6 nitrogen and oxygen atoms in total. The van der Waals surface area contributed by atoms with Crippen LogP contribution in [-0.4, -0.2) is 28.8 Å². The minimum atomic E-state index is -0.497. The van der Waals surface area contributed by atoms with E-state index in [1.54, 1.807) is 35.2 Å². The van der Waals surface area contributed by atoms with Crippen LogP contribution in [0, 0.1) is 10.1 Å². The molecule has 7 heteroatoms. The summed E-state index contributed by atoms with van der Waals surface area (Å²) in [6.45, 7) is 5.20. The van der Waals surface area contributed by atoms with E-state index in [1.165, 1.54) is 12.1 Å². The van der Waals surface area contributed by atoms with Crippen LogP contribution in [0.5, 0.6) is 0 Å². The lowest BCUT2D eigenvalue weighted by Gasteiger charge is -2.18. The van der Waals surface area contributed by atoms with Gasteiger partial charge in [-0.3, -0.25) is 14.9 Å². The van der Waals surface area contributed by atoms with Crippen molar-refractivity contribution in [3.8, 4) is 0 Å². The Morgan fingerprint density at radius 1 is 1.17 bits per heavy atom. The number of halogens is 1. The Morgan fingerprint density at radius 2 is 1.79 bits per heavy atom. The maximum Gasteiger partial charge on any atom is 0.271 e. The number of nitro benzene ring substituents is 1. The minimum Gasteiger partial charge on any atom is -0.354 e. The summed E-state index contributed by atoms with van der Waals surface area (Å²) < 4.78 is 0. The van der Waals surface area contributed by atoms with Gasteiger partial charge in [0.15, 0.2) is 0 Å². The first-order chi connectivity index (χ1) is 11.5. The molecule has 126 valence electrons. The molecule has 0 radical (unpaired) electrons. The van der Waals surface area contributed by atoms with Gasteiger partial charge in [-0.2, -0.15) is 0 Å². The van der Waals surface area contributed by atoms with E-state index in [0.29, 0.717) is 24.3 Å². The number of amides is 1. The van der Waals surface area contributed by atoms with Crippen molar-refractivity contribution in [2.24, 2.45) is 0 Å². The van der Waals surface area contributed by atoms with Crippen LogP contribution >= 0.6 is 11.6 Å². The Labute approximate surface area is 145 Å². The van der Waals surface area contributed by atoms with Crippen LogP contribution < -0.4 is 5.32 Å². The first-order valence-electron chi connectivity index (χ1n) is 7.56. The van der Waals surface area contributed by atoms with Gasteiger partial charge in [0.05, 0.1) is 15.6 Å². The Kier molecular flexibility index (Phi) is 5.76. The molecule has 0 aliphatic heterocycles. The smallest absolute Gasteiger partial charge is 0.271 e. The summed E-state index contributed by atoms with van der Waals surface area (Å²) in [5, 5.41) is 14.1. The highest BCUT2D eigenvalue weighted by atomic mass is 35.5. The number of carbonyl (C=O) groups is 1. The maximum absolute atomic E-state index is 12.3. The molecule has 1 N–H and O–H groups in total. The molecule has 0 saturated carbocycles. The lowest BCUT2D eigenvalue weighted by atomic mass is 10.1. The average molecular weight is 348 g/mol. The Hall–Kier alpha value is -2.60. The van der Waals surface area contributed by atoms with Crippen LogP contribution in [0.2, 0.25) is 5.02 Å². The van der Waals surface area contributed by atoms with Crippen molar-refractivity contribution < 1.29 is 9.72 Å². The number of hydrogen-bond acceptors (Lipinski definition) is 4. The zero-order valence-corrected chi connectivity index (χ0v) is 14.2. The van der Waals surface area contributed by atoms with E-state index >= 15 is 0 Å². The number of benzene rings is 2. The van der Waals surface area contributed by atoms with Crippen LogP contribution in [0.4, 0.5) is 17.1 Å². The highest BCUT2D eigenvalue weighted by Gasteiger charge is 2.13. The monoisotopic (exact) mass is 347 g/mol. The van der Waals surface area contributed by atoms with Crippen LogP contribution in [-0.2, 0) is 0 Å². The van der Waals surface area contributed by atoms with E-state index in [-0.39, 0.29) is 16.6 Å². The number of rotatable bonds is 6. The number of nitrogens with zero attached hydrogens (tertiary/aromatic N) is 2. The first-order valence-corrected chi connectivity index (χ1v) is 7.94. The third kappa shape index (κ3) is 4.02. The highest BCUT2D eigenvalue weighted by molar-refractivity contribution is 6.33. The molecule has 0 fully saturated rings. The first kappa shape index (κ1) is 17.7. The normalized spacial score (nSPS) is 10.3. The number of anilines is 2. The Morgan fingerprint density at radius 3 is 2.29 bits per heavy atom. The average Bonchev–Trinajstić information content (AvgIpc) is 2.58. The summed E-state index contributed by atoms with van der Waals surface area (Å²) in [6.07, 6.45) is 0. The molecule has 24 heavy (non-hydrogen) atoms. The van der Waals surface area contributed by atoms with Crippen LogP contribution in [0.3, 0.4) is 0 Å². The molecule has 0 atom stereocenters. The van der Waals surface area contributed by atoms with Gasteiger partial charge in [-0.15, -0.1) is 0 Å². The minimum absolute atomic E-state index is 0.0140. The van der Waals surface area contributed by atoms with Crippen molar-refractivity contribution >= 4 is 34.6 Å². The summed E-state index contributed by atoms with van der Waals surface area (Å²) in [5.74, 6) is -0.0140. The number of nitro groups is 1. The molecule has 2 aromatic rings. The second kappa shape index (κ2) is 7.79. The molecule has 0 aromatic heterocycles. The molecule has 0 saturated heterocycles. The SMILES string of the molecule is CCN(CC)C(=O)c1ccc(Nc2ccc([N+](=O)[O-])cc2Cl)cc1. The second-order valence-corrected chi connectivity index (χ2v) is 5.51. The quantitative estimate of drug-likeness (QED) is 0.617. The molecule has 2 aromatic carbocycles. The van der Waals surface area contributed by atoms with E-state index in [4.69, 9.17) is 11.6 Å². The van der Waals surface area contributed by atoms with E-state index < -0.39 is 4.92 Å². The maximum atomic E-state index is 12.3. The van der Waals surface area contributed by atoms with Crippen molar-refractivity contribution in [3.05, 3.63) is 63.2 Å². The van der Waals surface area contributed by atoms with Crippen molar-refractivity contribution in [1.29, 1.82) is 0 Å². The van der Waals surface area contributed by atoms with E-state index in [2.05, 4.69) is 5.32 Å². The summed E-state index contributed by atoms with van der Waals surface area (Å²) >= 11 is 6.06. The third-order valence-corrected chi connectivity index (χ3v) is 3.94. The molecular formula is C17H18ClN3O3. The third-order valence-electron chi connectivity index (χ3n) is 3.62. The van der Waals surface area contributed by atoms with Gasteiger partial charge in [0.2, 0.25) is 0 Å². The molecule has 2 rings (SSSR count). The van der Waals surface area contributed by atoms with Gasteiger partial charge in [0.1, 0.15) is 0 Å². The number of non-ortho nitro benzene ring substituents is 1. The van der Waals surface area contributed by atoms with Crippen molar-refractivity contribution in [2.45, 2.75) is 13.8 Å². The highest BCUT2D eigenvalue weighted by Crippen LogP contribution is 2.29. The van der Waals surface area contributed by atoms with E-state index in [9.17, 15) is 14.9 Å². The zero-order valence-electron chi connectivity index (χ0n) is 13.5. The predicted molar refractivity (Wildman–Crippen MR) is 95.1 cm³/mol. The Balaban J connectivity index is 2.15. The summed E-state index contributed by atoms with van der Waals surface area (Å²) in [7, 11) is 0. The van der Waals surface area contributed by atoms with Gasteiger partial charge in [-0.05, 0) is 44.2 Å². The van der Waals surface area contributed by atoms with Gasteiger partial charge in [0, 0.05) is 36.5 Å². The summed E-state index contributed by atoms with van der Waals surface area (Å²) in [4.78, 5) is 24.2. The van der Waals surface area contributed by atoms with Gasteiger partial charge < -0.3 is 10.2 Å². The fraction of sp³-hybridized carbons (Fsp3) is 0.235. The van der Waals surface area contributed by atoms with E-state index in [1.807, 2.05) is 13.8 Å². The lowest BCUT2D eigenvalue weighted by molar-refractivity contribution is -0.384. The van der Waals surface area contributed by atoms with Gasteiger partial charge >= 0.3 is 0 Å². The fourth-order valence-corrected chi connectivity index (χ4v) is 2.49. The summed E-state index contributed by atoms with van der Waals surface area (Å²) in [5.41, 5.74) is 1.84. The van der Waals surface area contributed by atoms with Crippen LogP contribution in [0.1, 0.15) is 24.2 Å². The molecule has 1 amide bonds. The molecule has 0 spiro atoms. The molecule has 0 heterocycles. The predicted octanol–water partition coefficient (Wildman–Crippen LogP) is 4.47. The molecular weight excluding hydrogens is 330 g/mol. The Bertz CT molecular complexity index is 743. The molecule has 0 unspecified atom stereocenters. The van der Waals surface area contributed by atoms with Crippen molar-refractivity contribution in [1.82, 2.24) is 4.90 Å². The second-order valence-electron chi connectivity index (χ2n) is 5.10. The van der Waals surface area contributed by atoms with E-state index in [0.717, 1.165) is 5.69 Å². The van der Waals surface area contributed by atoms with Gasteiger partial charge in [-0.1, -0.05) is 11.6 Å². The largest absolute Gasteiger partial charge is 0.354 e. The van der Waals surface area contributed by atoms with Crippen molar-refractivity contribution in [2.75, 3.05) is 18.4 Å². The van der Waals surface area contributed by atoms with Gasteiger partial charge in [-0.25, -0.2) is 0 Å². The number of carbonyl (C=O) groups excluding carboxylic acids is 1. The molecule has 0 aliphatic carbocycles. The van der Waals surface area contributed by atoms with Crippen LogP contribution in [0.15, 0.2) is 42.5 Å². The molecule has 0 aliphatic rings. The fourth-order valence-electron chi connectivity index (χ4n) is 2.26. The van der Waals surface area contributed by atoms with Crippen molar-refractivity contribution in [3.63, 3.8) is 0 Å². The zero-order chi connectivity index (χ0) is 17.7. The number of hydrogen-bond donors (Lipinski definition) is 1. The van der Waals surface area contributed by atoms with Crippen LogP contribution in [0.25, 0.3) is 0 Å².